The highest BCUT2D eigenvalue weighted by molar-refractivity contribution is 4.99. The van der Waals surface area contributed by atoms with Gasteiger partial charge in [0.15, 0.2) is 0 Å². The summed E-state index contributed by atoms with van der Waals surface area (Å²) in [6.07, 6.45) is 0. The molecule has 0 N–H and O–H groups in total. The molecule has 0 aromatic rings. The second-order valence-electron chi connectivity index (χ2n) is 2.17. The van der Waals surface area contributed by atoms with E-state index in [0.717, 1.165) is 0 Å². The maximum atomic E-state index is 8.32. The molecule has 0 aliphatic carbocycles. The van der Waals surface area contributed by atoms with E-state index in [9.17, 15) is 0 Å². The molecule has 1 aliphatic heterocycles. The highest BCUT2D eigenvalue weighted by Crippen LogP contribution is 2.24. The van der Waals surface area contributed by atoms with Crippen LogP contribution in [-0.4, -0.2) is 13.2 Å². The van der Waals surface area contributed by atoms with Gasteiger partial charge in [-0.25, -0.2) is 0 Å². The highest BCUT2D eigenvalue weighted by atomic mass is 16.5. The molecule has 0 unspecified atom stereocenters. The monoisotopic (exact) mass is 97.1 g/mol. The van der Waals surface area contributed by atoms with Gasteiger partial charge in [-0.3, -0.25) is 0 Å². The zero-order valence-corrected chi connectivity index (χ0v) is 4.27. The molecule has 1 heterocycles. The standard InChI is InChI=1S/C5H7NO/c1-5(2-6)3-7-4-5/h3-4H2,1H3. The Balaban J connectivity index is 2.48. The van der Waals surface area contributed by atoms with Crippen molar-refractivity contribution in [2.45, 2.75) is 6.92 Å². The average molecular weight is 97.1 g/mol. The van der Waals surface area contributed by atoms with Crippen molar-refractivity contribution < 1.29 is 4.74 Å². The first kappa shape index (κ1) is 4.61. The summed E-state index contributed by atoms with van der Waals surface area (Å²) >= 11 is 0. The molecule has 0 saturated carbocycles. The first-order chi connectivity index (χ1) is 3.27. The summed E-state index contributed by atoms with van der Waals surface area (Å²) in [7, 11) is 0. The van der Waals surface area contributed by atoms with Crippen LogP contribution in [-0.2, 0) is 4.74 Å². The third-order valence-corrected chi connectivity index (χ3v) is 1.11. The van der Waals surface area contributed by atoms with E-state index < -0.39 is 0 Å². The van der Waals surface area contributed by atoms with E-state index in [-0.39, 0.29) is 5.41 Å². The fraction of sp³-hybridized carbons (Fsp3) is 0.800. The van der Waals surface area contributed by atoms with Gasteiger partial charge in [-0.05, 0) is 6.92 Å². The SMILES string of the molecule is CC1(C#N)COC1. The van der Waals surface area contributed by atoms with Gasteiger partial charge in [-0.2, -0.15) is 5.26 Å². The Labute approximate surface area is 42.7 Å². The second kappa shape index (κ2) is 1.21. The van der Waals surface area contributed by atoms with Crippen molar-refractivity contribution in [3.63, 3.8) is 0 Å². The molecule has 1 saturated heterocycles. The molecular weight excluding hydrogens is 90.1 g/mol. The van der Waals surface area contributed by atoms with Crippen molar-refractivity contribution in [3.8, 4) is 6.07 Å². The number of nitriles is 1. The van der Waals surface area contributed by atoms with Gasteiger partial charge >= 0.3 is 0 Å². The molecule has 2 nitrogen and oxygen atoms in total. The first-order valence-corrected chi connectivity index (χ1v) is 2.26. The Hall–Kier alpha value is -0.550. The van der Waals surface area contributed by atoms with E-state index in [4.69, 9.17) is 10.00 Å². The molecule has 0 amide bonds. The van der Waals surface area contributed by atoms with E-state index in [1.807, 2.05) is 6.92 Å². The molecule has 38 valence electrons. The zero-order chi connectivity index (χ0) is 5.33. The summed E-state index contributed by atoms with van der Waals surface area (Å²) < 4.78 is 4.81. The predicted molar refractivity (Wildman–Crippen MR) is 24.5 cm³/mol. The van der Waals surface area contributed by atoms with Crippen LogP contribution in [0.15, 0.2) is 0 Å². The van der Waals surface area contributed by atoms with Gasteiger partial charge < -0.3 is 4.74 Å². The van der Waals surface area contributed by atoms with Crippen molar-refractivity contribution in [2.24, 2.45) is 5.41 Å². The lowest BCUT2D eigenvalue weighted by Crippen LogP contribution is -2.37. The van der Waals surface area contributed by atoms with Crippen molar-refractivity contribution in [2.75, 3.05) is 13.2 Å². The van der Waals surface area contributed by atoms with Gasteiger partial charge in [0.2, 0.25) is 0 Å². The average Bonchev–Trinajstić information content (AvgIpc) is 1.61. The van der Waals surface area contributed by atoms with E-state index >= 15 is 0 Å². The number of rotatable bonds is 0. The lowest BCUT2D eigenvalue weighted by atomic mass is 9.91. The Bertz CT molecular complexity index is 110. The quantitative estimate of drug-likeness (QED) is 0.442. The maximum absolute atomic E-state index is 8.32. The minimum Gasteiger partial charge on any atom is -0.378 e. The van der Waals surface area contributed by atoms with Crippen molar-refractivity contribution in [3.05, 3.63) is 0 Å². The van der Waals surface area contributed by atoms with Gasteiger partial charge in [0.1, 0.15) is 5.41 Å². The molecule has 0 aromatic heterocycles. The van der Waals surface area contributed by atoms with Crippen molar-refractivity contribution >= 4 is 0 Å². The normalized spacial score (nSPS) is 25.1. The van der Waals surface area contributed by atoms with Crippen molar-refractivity contribution in [1.82, 2.24) is 0 Å². The van der Waals surface area contributed by atoms with Crippen LogP contribution >= 0.6 is 0 Å². The molecular formula is C5H7NO. The molecule has 1 rings (SSSR count). The fourth-order valence-electron chi connectivity index (χ4n) is 0.473. The Morgan fingerprint density at radius 3 is 2.29 bits per heavy atom. The number of nitrogens with zero attached hydrogens (tertiary/aromatic N) is 1. The van der Waals surface area contributed by atoms with Gasteiger partial charge in [-0.1, -0.05) is 0 Å². The minimum atomic E-state index is -0.153. The van der Waals surface area contributed by atoms with E-state index in [1.165, 1.54) is 0 Å². The molecule has 0 atom stereocenters. The molecule has 2 heteroatoms. The second-order valence-corrected chi connectivity index (χ2v) is 2.17. The Kier molecular flexibility index (Phi) is 0.795. The smallest absolute Gasteiger partial charge is 0.101 e. The summed E-state index contributed by atoms with van der Waals surface area (Å²) in [6, 6.07) is 2.15. The van der Waals surface area contributed by atoms with Crippen LogP contribution in [0.25, 0.3) is 0 Å². The molecule has 1 fully saturated rings. The van der Waals surface area contributed by atoms with Gasteiger partial charge in [0.25, 0.3) is 0 Å². The van der Waals surface area contributed by atoms with Crippen LogP contribution in [0.5, 0.6) is 0 Å². The van der Waals surface area contributed by atoms with Crippen LogP contribution in [0.2, 0.25) is 0 Å². The Morgan fingerprint density at radius 1 is 1.71 bits per heavy atom. The van der Waals surface area contributed by atoms with Crippen LogP contribution in [0.3, 0.4) is 0 Å². The van der Waals surface area contributed by atoms with Gasteiger partial charge in [0, 0.05) is 0 Å². The number of hydrogen-bond donors (Lipinski definition) is 0. The molecule has 1 aliphatic rings. The molecule has 0 aromatic carbocycles. The van der Waals surface area contributed by atoms with Crippen molar-refractivity contribution in [1.29, 1.82) is 5.26 Å². The minimum absolute atomic E-state index is 0.153. The summed E-state index contributed by atoms with van der Waals surface area (Å²) in [5.74, 6) is 0. The predicted octanol–water partition coefficient (Wildman–Crippen LogP) is 0.546. The van der Waals surface area contributed by atoms with E-state index in [2.05, 4.69) is 6.07 Å². The van der Waals surface area contributed by atoms with E-state index in [1.54, 1.807) is 0 Å². The third kappa shape index (κ3) is 0.594. The van der Waals surface area contributed by atoms with Crippen LogP contribution in [0.4, 0.5) is 0 Å². The summed E-state index contributed by atoms with van der Waals surface area (Å²) in [4.78, 5) is 0. The molecule has 0 spiro atoms. The summed E-state index contributed by atoms with van der Waals surface area (Å²) in [5.41, 5.74) is -0.153. The Morgan fingerprint density at radius 2 is 2.29 bits per heavy atom. The third-order valence-electron chi connectivity index (χ3n) is 1.11. The summed E-state index contributed by atoms with van der Waals surface area (Å²) in [6.45, 7) is 3.13. The van der Waals surface area contributed by atoms with E-state index in [0.29, 0.717) is 13.2 Å². The number of hydrogen-bond acceptors (Lipinski definition) is 2. The zero-order valence-electron chi connectivity index (χ0n) is 4.27. The topological polar surface area (TPSA) is 33.0 Å². The molecule has 0 radical (unpaired) electrons. The summed E-state index contributed by atoms with van der Waals surface area (Å²) in [5, 5.41) is 8.32. The van der Waals surface area contributed by atoms with Gasteiger partial charge in [-0.15, -0.1) is 0 Å². The lowest BCUT2D eigenvalue weighted by molar-refractivity contribution is -0.0659. The largest absolute Gasteiger partial charge is 0.378 e. The molecule has 0 bridgehead atoms. The lowest BCUT2D eigenvalue weighted by Gasteiger charge is -2.30. The van der Waals surface area contributed by atoms with Crippen LogP contribution in [0.1, 0.15) is 6.92 Å². The van der Waals surface area contributed by atoms with Crippen LogP contribution < -0.4 is 0 Å². The number of ether oxygens (including phenoxy) is 1. The molecule has 7 heavy (non-hydrogen) atoms. The maximum Gasteiger partial charge on any atom is 0.101 e. The fourth-order valence-corrected chi connectivity index (χ4v) is 0.473. The highest BCUT2D eigenvalue weighted by Gasteiger charge is 2.32. The van der Waals surface area contributed by atoms with Crippen LogP contribution in [0, 0.1) is 16.7 Å². The first-order valence-electron chi connectivity index (χ1n) is 2.26. The van der Waals surface area contributed by atoms with Gasteiger partial charge in [0.05, 0.1) is 19.3 Å².